The van der Waals surface area contributed by atoms with Crippen LogP contribution in [0.1, 0.15) is 316 Å². The average molecular weight is 1380 g/mol. The number of aliphatic hydroxyl groups is 2. The minimum Gasteiger partial charge on any atom is -0.463 e. The van der Waals surface area contributed by atoms with E-state index in [1.807, 2.05) is 0 Å². The second-order valence-corrected chi connectivity index (χ2v) is 28.0. The zero-order valence-corrected chi connectivity index (χ0v) is 61.6. The van der Waals surface area contributed by atoms with Gasteiger partial charge in [-0.3, -0.25) is 32.5 Å². The number of carbonyl (C=O) groups is 3. The molecule has 0 fully saturated rings. The SMILES string of the molecule is CCCC/C=C\CCCCCCCC(=O)OC(COC(=O)CCCCCCCC/C=C\C/C=C\C/C=C\CCCCC)COP(=O)(O)OCC(O)COP(=O)(O)OCC(O)COC(=O)CCCCCCCCCCCCCCC/C=C\C/C=C\C/C=C\C/C=C\CCCCC. The molecule has 95 heavy (non-hydrogen) atoms. The van der Waals surface area contributed by atoms with Gasteiger partial charge in [-0.15, -0.1) is 0 Å². The third-order valence-corrected chi connectivity index (χ3v) is 17.7. The van der Waals surface area contributed by atoms with Gasteiger partial charge in [-0.25, -0.2) is 9.13 Å². The van der Waals surface area contributed by atoms with Crippen molar-refractivity contribution in [2.24, 2.45) is 0 Å². The van der Waals surface area contributed by atoms with Crippen molar-refractivity contribution in [2.75, 3.05) is 39.6 Å². The fourth-order valence-electron chi connectivity index (χ4n) is 9.95. The third-order valence-electron chi connectivity index (χ3n) is 15.8. The molecule has 0 saturated heterocycles. The van der Waals surface area contributed by atoms with Crippen LogP contribution in [0.2, 0.25) is 0 Å². The Morgan fingerprint density at radius 3 is 0.874 bits per heavy atom. The molecule has 0 aliphatic heterocycles. The predicted molar refractivity (Wildman–Crippen MR) is 390 cm³/mol. The molecule has 0 aromatic heterocycles. The van der Waals surface area contributed by atoms with E-state index in [-0.39, 0.29) is 19.3 Å². The number of rotatable bonds is 71. The summed E-state index contributed by atoms with van der Waals surface area (Å²) in [5, 5.41) is 20.6. The molecule has 0 spiro atoms. The van der Waals surface area contributed by atoms with E-state index in [0.29, 0.717) is 19.3 Å². The first-order valence-corrected chi connectivity index (χ1v) is 40.5. The number of ether oxygens (including phenoxy) is 3. The lowest BCUT2D eigenvalue weighted by Gasteiger charge is -2.21. The minimum atomic E-state index is -4.93. The molecule has 0 amide bonds. The van der Waals surface area contributed by atoms with Crippen molar-refractivity contribution < 1.29 is 75.8 Å². The van der Waals surface area contributed by atoms with Gasteiger partial charge < -0.3 is 34.2 Å². The highest BCUT2D eigenvalue weighted by atomic mass is 31.2. The first-order valence-electron chi connectivity index (χ1n) is 37.5. The van der Waals surface area contributed by atoms with Crippen molar-refractivity contribution in [2.45, 2.75) is 334 Å². The number of carbonyl (C=O) groups excluding carboxylic acids is 3. The summed E-state index contributed by atoms with van der Waals surface area (Å²) in [6, 6.07) is 0. The van der Waals surface area contributed by atoms with E-state index in [1.54, 1.807) is 0 Å². The molecule has 0 aliphatic carbocycles. The molecule has 4 N–H and O–H groups in total. The maximum atomic E-state index is 12.9. The summed E-state index contributed by atoms with van der Waals surface area (Å²) in [7, 11) is -9.78. The predicted octanol–water partition coefficient (Wildman–Crippen LogP) is 21.4. The van der Waals surface area contributed by atoms with Crippen LogP contribution in [0.15, 0.2) is 97.2 Å². The molecule has 0 heterocycles. The lowest BCUT2D eigenvalue weighted by Crippen LogP contribution is -2.30. The van der Waals surface area contributed by atoms with Gasteiger partial charge in [0.2, 0.25) is 0 Å². The third kappa shape index (κ3) is 71.6. The van der Waals surface area contributed by atoms with Gasteiger partial charge in [0.15, 0.2) is 6.10 Å². The van der Waals surface area contributed by atoms with Gasteiger partial charge in [-0.2, -0.15) is 0 Å². The fourth-order valence-corrected chi connectivity index (χ4v) is 11.5. The number of esters is 3. The van der Waals surface area contributed by atoms with Crippen LogP contribution in [0.3, 0.4) is 0 Å². The number of hydrogen-bond donors (Lipinski definition) is 4. The van der Waals surface area contributed by atoms with Gasteiger partial charge in [0.1, 0.15) is 25.4 Å². The number of allylic oxidation sites excluding steroid dienone is 16. The summed E-state index contributed by atoms with van der Waals surface area (Å²) in [5.74, 6) is -1.60. The van der Waals surface area contributed by atoms with E-state index < -0.39 is 91.5 Å². The molecule has 0 aromatic rings. The molecule has 16 nitrogen and oxygen atoms in total. The molecule has 0 aromatic carbocycles. The van der Waals surface area contributed by atoms with Gasteiger partial charge >= 0.3 is 33.6 Å². The van der Waals surface area contributed by atoms with Crippen molar-refractivity contribution in [3.63, 3.8) is 0 Å². The molecular formula is C77H136O16P2. The highest BCUT2D eigenvalue weighted by molar-refractivity contribution is 7.47. The van der Waals surface area contributed by atoms with Gasteiger partial charge in [-0.05, 0) is 122 Å². The number of aliphatic hydroxyl groups excluding tert-OH is 2. The van der Waals surface area contributed by atoms with E-state index in [9.17, 15) is 43.5 Å². The Bertz CT molecular complexity index is 2120. The quantitative estimate of drug-likeness (QED) is 0.0146. The molecule has 18 heteroatoms. The summed E-state index contributed by atoms with van der Waals surface area (Å²) in [6.07, 6.45) is 79.0. The smallest absolute Gasteiger partial charge is 0.463 e. The zero-order valence-electron chi connectivity index (χ0n) is 59.8. The van der Waals surface area contributed by atoms with E-state index in [2.05, 4.69) is 118 Å². The van der Waals surface area contributed by atoms with Crippen molar-refractivity contribution >= 4 is 33.6 Å². The molecule has 5 atom stereocenters. The highest BCUT2D eigenvalue weighted by Crippen LogP contribution is 2.45. The topological polar surface area (TPSA) is 231 Å². The Morgan fingerprint density at radius 2 is 0.537 bits per heavy atom. The Hall–Kier alpha value is -3.53. The van der Waals surface area contributed by atoms with Crippen LogP contribution in [0.5, 0.6) is 0 Å². The molecular weight excluding hydrogens is 1240 g/mol. The molecule has 0 rings (SSSR count). The number of phosphoric acid groups is 2. The van der Waals surface area contributed by atoms with Gasteiger partial charge in [-0.1, -0.05) is 272 Å². The van der Waals surface area contributed by atoms with Crippen LogP contribution < -0.4 is 0 Å². The maximum Gasteiger partial charge on any atom is 0.472 e. The number of phosphoric ester groups is 2. The van der Waals surface area contributed by atoms with Crippen LogP contribution >= 0.6 is 15.6 Å². The normalized spacial score (nSPS) is 14.6. The van der Waals surface area contributed by atoms with E-state index >= 15 is 0 Å². The monoisotopic (exact) mass is 1380 g/mol. The van der Waals surface area contributed by atoms with E-state index in [1.165, 1.54) is 116 Å². The fraction of sp³-hybridized carbons (Fsp3) is 0.753. The molecule has 5 unspecified atom stereocenters. The Balaban J connectivity index is 4.44. The number of unbranched alkanes of at least 4 members (excludes halogenated alkanes) is 32. The van der Waals surface area contributed by atoms with Crippen molar-refractivity contribution in [1.82, 2.24) is 0 Å². The highest BCUT2D eigenvalue weighted by Gasteiger charge is 2.29. The van der Waals surface area contributed by atoms with Crippen LogP contribution in [-0.4, -0.2) is 95.9 Å². The van der Waals surface area contributed by atoms with Crippen LogP contribution in [-0.2, 0) is 55.8 Å². The van der Waals surface area contributed by atoms with Gasteiger partial charge in [0.05, 0.1) is 26.4 Å². The summed E-state index contributed by atoms with van der Waals surface area (Å²) >= 11 is 0. The van der Waals surface area contributed by atoms with Crippen LogP contribution in [0.4, 0.5) is 0 Å². The molecule has 0 radical (unpaired) electrons. The first kappa shape index (κ1) is 91.5. The molecule has 550 valence electrons. The van der Waals surface area contributed by atoms with Crippen LogP contribution in [0, 0.1) is 0 Å². The lowest BCUT2D eigenvalue weighted by atomic mass is 10.0. The summed E-state index contributed by atoms with van der Waals surface area (Å²) in [6.45, 7) is 2.57. The van der Waals surface area contributed by atoms with E-state index in [0.717, 1.165) is 141 Å². The molecule has 0 saturated carbocycles. The molecule has 0 bridgehead atoms. The van der Waals surface area contributed by atoms with Gasteiger partial charge in [0.25, 0.3) is 0 Å². The Morgan fingerprint density at radius 1 is 0.295 bits per heavy atom. The van der Waals surface area contributed by atoms with Gasteiger partial charge in [0, 0.05) is 19.3 Å². The molecule has 0 aliphatic rings. The van der Waals surface area contributed by atoms with E-state index in [4.69, 9.17) is 32.3 Å². The lowest BCUT2D eigenvalue weighted by molar-refractivity contribution is -0.161. The summed E-state index contributed by atoms with van der Waals surface area (Å²) < 4.78 is 60.9. The number of hydrogen-bond acceptors (Lipinski definition) is 14. The maximum absolute atomic E-state index is 12.9. The Labute approximate surface area is 578 Å². The van der Waals surface area contributed by atoms with Crippen LogP contribution in [0.25, 0.3) is 0 Å². The summed E-state index contributed by atoms with van der Waals surface area (Å²) in [4.78, 5) is 58.4. The van der Waals surface area contributed by atoms with Crippen molar-refractivity contribution in [3.05, 3.63) is 97.2 Å². The van der Waals surface area contributed by atoms with Crippen molar-refractivity contribution in [1.29, 1.82) is 0 Å². The van der Waals surface area contributed by atoms with Crippen molar-refractivity contribution in [3.8, 4) is 0 Å². The second-order valence-electron chi connectivity index (χ2n) is 25.1. The Kier molecular flexibility index (Phi) is 67.7. The second kappa shape index (κ2) is 70.3. The average Bonchev–Trinajstić information content (AvgIpc) is 2.39. The summed E-state index contributed by atoms with van der Waals surface area (Å²) in [5.41, 5.74) is 0. The standard InChI is InChI=1S/C77H136O16P2/c1-4-7-10-13-16-19-22-24-26-28-30-31-32-33-34-35-36-37-38-39-41-43-44-46-49-51-54-57-60-63-75(80)87-66-72(78)67-89-94(83,84)90-68-73(79)69-91-95(85,86)92-71-74(93-77(82)65-62-59-56-53-48-21-18-15-12-9-6-3)70-88-76(81)64-61-58-55-52-50-47-45-42-40-29-27-25-23-20-17-14-11-8-5-2/h15-20,24-27,30-31,33-34,40,42,72-74,78-79H,4-14,21-23,28-29,32,35-39,41,43-71H2,1-3H3,(H,83,84)(H,85,86)/b18-15-,19-16-,20-17-,26-24-,27-25-,31-30-,34-33-,42-40-. The minimum absolute atomic E-state index is 0.0912. The first-order chi connectivity index (χ1) is 46.2. The zero-order chi connectivity index (χ0) is 69.5. The largest absolute Gasteiger partial charge is 0.472 e.